The molecule has 4 rings (SSSR count). The molecule has 0 N–H and O–H groups in total. The van der Waals surface area contributed by atoms with Crippen molar-refractivity contribution in [3.8, 4) is 5.75 Å². The van der Waals surface area contributed by atoms with E-state index in [-0.39, 0.29) is 23.4 Å². The summed E-state index contributed by atoms with van der Waals surface area (Å²) in [4.78, 5) is 42.2. The van der Waals surface area contributed by atoms with Crippen LogP contribution in [-0.4, -0.2) is 29.2 Å². The highest BCUT2D eigenvalue weighted by atomic mass is 32.1. The first-order chi connectivity index (χ1) is 16.3. The molecule has 10 heteroatoms. The van der Waals surface area contributed by atoms with Crippen molar-refractivity contribution in [3.05, 3.63) is 101 Å². The first-order valence-corrected chi connectivity index (χ1v) is 11.2. The number of nitro benzene ring substituents is 1. The fourth-order valence-electron chi connectivity index (χ4n) is 3.77. The normalized spacial score (nSPS) is 15.5. The van der Waals surface area contributed by atoms with Gasteiger partial charge in [-0.2, -0.15) is 0 Å². The van der Waals surface area contributed by atoms with Crippen LogP contribution in [0.15, 0.2) is 69.6 Å². The topological polar surface area (TPSA) is 113 Å². The number of methoxy groups -OCH3 is 1. The molecule has 1 atom stereocenters. The Morgan fingerprint density at radius 3 is 2.65 bits per heavy atom. The average molecular weight is 480 g/mol. The van der Waals surface area contributed by atoms with Crippen LogP contribution in [0.2, 0.25) is 0 Å². The molecule has 0 unspecified atom stereocenters. The lowest BCUT2D eigenvalue weighted by Crippen LogP contribution is -2.39. The summed E-state index contributed by atoms with van der Waals surface area (Å²) in [6.45, 7) is 3.48. The van der Waals surface area contributed by atoms with E-state index in [2.05, 4.69) is 4.99 Å². The lowest BCUT2D eigenvalue weighted by Gasteiger charge is -2.24. The molecule has 1 aliphatic heterocycles. The zero-order chi connectivity index (χ0) is 24.4. The summed E-state index contributed by atoms with van der Waals surface area (Å²) < 4.78 is 12.2. The number of non-ortho nitro benzene ring substituents is 1. The molecular formula is C24H21N3O6S. The SMILES string of the molecule is CCOC(=O)C1=C(C)N=c2s/c(=C\c3ccc(OC)cc3)c(=O)n2[C@H]1c1cccc([N+](=O)[O-])c1. The van der Waals surface area contributed by atoms with Crippen LogP contribution in [0.4, 0.5) is 5.69 Å². The molecule has 3 aromatic rings. The number of rotatable bonds is 6. The maximum atomic E-state index is 13.5. The molecular weight excluding hydrogens is 458 g/mol. The van der Waals surface area contributed by atoms with E-state index >= 15 is 0 Å². The van der Waals surface area contributed by atoms with Gasteiger partial charge in [-0.25, -0.2) is 9.79 Å². The van der Waals surface area contributed by atoms with Gasteiger partial charge < -0.3 is 9.47 Å². The molecule has 9 nitrogen and oxygen atoms in total. The summed E-state index contributed by atoms with van der Waals surface area (Å²) in [5, 5.41) is 11.4. The highest BCUT2D eigenvalue weighted by molar-refractivity contribution is 7.07. The van der Waals surface area contributed by atoms with Gasteiger partial charge in [-0.05, 0) is 43.2 Å². The second-order valence-electron chi connectivity index (χ2n) is 7.43. The monoisotopic (exact) mass is 479 g/mol. The largest absolute Gasteiger partial charge is 0.497 e. The second kappa shape index (κ2) is 9.44. The predicted octanol–water partition coefficient (Wildman–Crippen LogP) is 2.72. The average Bonchev–Trinajstić information content (AvgIpc) is 3.13. The van der Waals surface area contributed by atoms with E-state index in [1.54, 1.807) is 45.2 Å². The molecule has 0 amide bonds. The summed E-state index contributed by atoms with van der Waals surface area (Å²) >= 11 is 1.18. The summed E-state index contributed by atoms with van der Waals surface area (Å²) in [5.74, 6) is 0.0728. The Balaban J connectivity index is 1.94. The molecule has 0 saturated heterocycles. The third-order valence-electron chi connectivity index (χ3n) is 5.33. The van der Waals surface area contributed by atoms with Crippen LogP contribution in [0.1, 0.15) is 31.0 Å². The van der Waals surface area contributed by atoms with Gasteiger partial charge in [-0.3, -0.25) is 19.5 Å². The van der Waals surface area contributed by atoms with E-state index in [0.717, 1.165) is 5.56 Å². The number of hydrogen-bond donors (Lipinski definition) is 0. The number of hydrogen-bond acceptors (Lipinski definition) is 8. The van der Waals surface area contributed by atoms with Gasteiger partial charge in [0, 0.05) is 12.1 Å². The van der Waals surface area contributed by atoms with Crippen molar-refractivity contribution in [3.63, 3.8) is 0 Å². The van der Waals surface area contributed by atoms with Gasteiger partial charge in [0.15, 0.2) is 4.80 Å². The van der Waals surface area contributed by atoms with Gasteiger partial charge in [0.05, 0.1) is 40.5 Å². The Kier molecular flexibility index (Phi) is 6.42. The van der Waals surface area contributed by atoms with E-state index in [1.807, 2.05) is 12.1 Å². The fraction of sp³-hybridized carbons (Fsp3) is 0.208. The van der Waals surface area contributed by atoms with Gasteiger partial charge in [0.2, 0.25) is 0 Å². The Bertz CT molecular complexity index is 1480. The van der Waals surface area contributed by atoms with Gasteiger partial charge in [0.25, 0.3) is 11.2 Å². The molecule has 0 radical (unpaired) electrons. The van der Waals surface area contributed by atoms with Crippen LogP contribution >= 0.6 is 11.3 Å². The Morgan fingerprint density at radius 1 is 1.26 bits per heavy atom. The van der Waals surface area contributed by atoms with Gasteiger partial charge in [-0.15, -0.1) is 0 Å². The predicted molar refractivity (Wildman–Crippen MR) is 126 cm³/mol. The molecule has 34 heavy (non-hydrogen) atoms. The Morgan fingerprint density at radius 2 is 2.00 bits per heavy atom. The third kappa shape index (κ3) is 4.27. The van der Waals surface area contributed by atoms with Crippen molar-refractivity contribution < 1.29 is 19.2 Å². The number of nitro groups is 1. The lowest BCUT2D eigenvalue weighted by molar-refractivity contribution is -0.384. The van der Waals surface area contributed by atoms with E-state index in [9.17, 15) is 19.7 Å². The van der Waals surface area contributed by atoms with Crippen molar-refractivity contribution in [2.45, 2.75) is 19.9 Å². The van der Waals surface area contributed by atoms with Crippen molar-refractivity contribution in [2.24, 2.45) is 4.99 Å². The van der Waals surface area contributed by atoms with Crippen LogP contribution in [0.25, 0.3) is 6.08 Å². The molecule has 0 fully saturated rings. The molecule has 0 spiro atoms. The third-order valence-corrected chi connectivity index (χ3v) is 6.31. The Hall–Kier alpha value is -4.05. The van der Waals surface area contributed by atoms with Gasteiger partial charge in [0.1, 0.15) is 5.75 Å². The van der Waals surface area contributed by atoms with Crippen LogP contribution in [0, 0.1) is 10.1 Å². The maximum Gasteiger partial charge on any atom is 0.338 e. The van der Waals surface area contributed by atoms with Gasteiger partial charge >= 0.3 is 5.97 Å². The molecule has 0 aliphatic carbocycles. The van der Waals surface area contributed by atoms with Gasteiger partial charge in [-0.1, -0.05) is 35.6 Å². The highest BCUT2D eigenvalue weighted by Crippen LogP contribution is 2.32. The number of thiazole rings is 1. The van der Waals surface area contributed by atoms with E-state index in [4.69, 9.17) is 9.47 Å². The van der Waals surface area contributed by atoms with Crippen molar-refractivity contribution >= 4 is 29.1 Å². The Labute approximate surface area is 198 Å². The smallest absolute Gasteiger partial charge is 0.338 e. The number of fused-ring (bicyclic) bond motifs is 1. The summed E-state index contributed by atoms with van der Waals surface area (Å²) in [5.41, 5.74) is 1.28. The van der Waals surface area contributed by atoms with Crippen LogP contribution < -0.4 is 19.6 Å². The number of esters is 1. The molecule has 2 aromatic carbocycles. The number of carbonyl (C=O) groups excluding carboxylic acids is 1. The minimum atomic E-state index is -0.909. The van der Waals surface area contributed by atoms with E-state index in [0.29, 0.717) is 26.3 Å². The van der Waals surface area contributed by atoms with Crippen LogP contribution in [0.3, 0.4) is 0 Å². The summed E-state index contributed by atoms with van der Waals surface area (Å²) in [6.07, 6.45) is 1.73. The van der Waals surface area contributed by atoms with Crippen LogP contribution in [-0.2, 0) is 9.53 Å². The van der Waals surface area contributed by atoms with Crippen molar-refractivity contribution in [1.29, 1.82) is 0 Å². The molecule has 0 saturated carbocycles. The van der Waals surface area contributed by atoms with E-state index in [1.165, 1.54) is 34.1 Å². The number of aromatic nitrogens is 1. The van der Waals surface area contributed by atoms with E-state index < -0.39 is 16.9 Å². The zero-order valence-corrected chi connectivity index (χ0v) is 19.5. The molecule has 1 aliphatic rings. The first-order valence-electron chi connectivity index (χ1n) is 10.4. The van der Waals surface area contributed by atoms with Crippen LogP contribution in [0.5, 0.6) is 5.75 Å². The maximum absolute atomic E-state index is 13.5. The fourth-order valence-corrected chi connectivity index (χ4v) is 4.81. The number of benzene rings is 2. The number of allylic oxidation sites excluding steroid dienone is 1. The molecule has 0 bridgehead atoms. The second-order valence-corrected chi connectivity index (χ2v) is 8.44. The lowest BCUT2D eigenvalue weighted by atomic mass is 9.95. The minimum Gasteiger partial charge on any atom is -0.497 e. The minimum absolute atomic E-state index is 0.138. The molecule has 1 aromatic heterocycles. The molecule has 2 heterocycles. The summed E-state index contributed by atoms with van der Waals surface area (Å²) in [7, 11) is 1.57. The number of carbonyl (C=O) groups is 1. The molecule has 174 valence electrons. The number of nitrogens with zero attached hydrogens (tertiary/aromatic N) is 3. The first kappa shape index (κ1) is 23.1. The van der Waals surface area contributed by atoms with Crippen molar-refractivity contribution in [1.82, 2.24) is 4.57 Å². The standard InChI is InChI=1S/C24H21N3O6S/c1-4-33-23(29)20-14(2)25-24-26(21(20)16-6-5-7-17(13-16)27(30)31)22(28)19(34-24)12-15-8-10-18(32-3)11-9-15/h5-13,21H,4H2,1-3H3/b19-12-/t21-/m0/s1. The number of ether oxygens (including phenoxy) is 2. The zero-order valence-electron chi connectivity index (χ0n) is 18.7. The summed E-state index contributed by atoms with van der Waals surface area (Å²) in [6, 6.07) is 12.2. The highest BCUT2D eigenvalue weighted by Gasteiger charge is 2.34. The quantitative estimate of drug-likeness (QED) is 0.305. The van der Waals surface area contributed by atoms with Crippen molar-refractivity contribution in [2.75, 3.05) is 13.7 Å².